The number of hydrogen-bond donors (Lipinski definition) is 1. The van der Waals surface area contributed by atoms with E-state index in [-0.39, 0.29) is 25.0 Å². The summed E-state index contributed by atoms with van der Waals surface area (Å²) in [7, 11) is 0. The van der Waals surface area contributed by atoms with E-state index in [0.29, 0.717) is 23.7 Å². The fourth-order valence-corrected chi connectivity index (χ4v) is 3.95. The van der Waals surface area contributed by atoms with E-state index in [1.807, 2.05) is 67.6 Å². The minimum absolute atomic E-state index is 0.194. The fourth-order valence-electron chi connectivity index (χ4n) is 3.49. The highest BCUT2D eigenvalue weighted by atomic mass is 79.9. The lowest BCUT2D eigenvalue weighted by Crippen LogP contribution is -2.51. The average molecular weight is 544 g/mol. The molecular formula is C27H28BrClN2O3. The highest BCUT2D eigenvalue weighted by Crippen LogP contribution is 2.21. The van der Waals surface area contributed by atoms with Crippen molar-refractivity contribution in [3.63, 3.8) is 0 Å². The Morgan fingerprint density at radius 2 is 1.68 bits per heavy atom. The van der Waals surface area contributed by atoms with E-state index in [4.69, 9.17) is 16.3 Å². The minimum Gasteiger partial charge on any atom is -0.484 e. The molecule has 3 aromatic carbocycles. The van der Waals surface area contributed by atoms with E-state index in [0.717, 1.165) is 22.0 Å². The zero-order valence-electron chi connectivity index (χ0n) is 19.0. The molecule has 34 heavy (non-hydrogen) atoms. The van der Waals surface area contributed by atoms with Crippen LogP contribution in [-0.2, 0) is 22.6 Å². The van der Waals surface area contributed by atoms with Crippen molar-refractivity contribution in [1.29, 1.82) is 0 Å². The van der Waals surface area contributed by atoms with E-state index in [1.54, 1.807) is 23.1 Å². The lowest BCUT2D eigenvalue weighted by molar-refractivity contribution is -0.142. The third-order valence-electron chi connectivity index (χ3n) is 5.29. The van der Waals surface area contributed by atoms with Gasteiger partial charge in [-0.2, -0.15) is 0 Å². The number of nitrogens with zero attached hydrogens (tertiary/aromatic N) is 1. The number of carbonyl (C=O) groups excluding carboxylic acids is 2. The number of hydrogen-bond acceptors (Lipinski definition) is 3. The average Bonchev–Trinajstić information content (AvgIpc) is 2.85. The molecule has 0 saturated heterocycles. The van der Waals surface area contributed by atoms with Crippen LogP contribution in [0.1, 0.15) is 24.5 Å². The van der Waals surface area contributed by atoms with Gasteiger partial charge in [-0.25, -0.2) is 0 Å². The van der Waals surface area contributed by atoms with Gasteiger partial charge in [0.25, 0.3) is 5.91 Å². The normalized spacial score (nSPS) is 11.5. The smallest absolute Gasteiger partial charge is 0.261 e. The minimum atomic E-state index is -0.716. The first kappa shape index (κ1) is 25.8. The Morgan fingerprint density at radius 3 is 2.35 bits per heavy atom. The van der Waals surface area contributed by atoms with E-state index >= 15 is 0 Å². The summed E-state index contributed by atoms with van der Waals surface area (Å²) in [6.45, 7) is 2.52. The lowest BCUT2D eigenvalue weighted by Gasteiger charge is -2.31. The highest BCUT2D eigenvalue weighted by Gasteiger charge is 2.31. The first-order valence-electron chi connectivity index (χ1n) is 11.2. The fraction of sp³-hybridized carbons (Fsp3) is 0.259. The number of ether oxygens (including phenoxy) is 1. The van der Waals surface area contributed by atoms with Crippen molar-refractivity contribution in [2.24, 2.45) is 0 Å². The largest absolute Gasteiger partial charge is 0.484 e. The first-order valence-corrected chi connectivity index (χ1v) is 12.4. The Hall–Kier alpha value is -2.83. The van der Waals surface area contributed by atoms with Gasteiger partial charge in [-0.05, 0) is 47.9 Å². The molecule has 0 spiro atoms. The predicted molar refractivity (Wildman–Crippen MR) is 139 cm³/mol. The Balaban J connectivity index is 1.89. The van der Waals surface area contributed by atoms with Crippen LogP contribution in [0.2, 0.25) is 5.02 Å². The molecule has 3 rings (SSSR count). The molecule has 1 N–H and O–H groups in total. The number of benzene rings is 3. The summed E-state index contributed by atoms with van der Waals surface area (Å²) in [5, 5.41) is 3.50. The summed E-state index contributed by atoms with van der Waals surface area (Å²) in [6, 6.07) is 23.6. The molecule has 7 heteroatoms. The quantitative estimate of drug-likeness (QED) is 0.340. The SMILES string of the molecule is CCCNC(=O)[C@@H](Cc1ccccc1)N(Cc1ccccc1Cl)C(=O)COc1ccc(Br)cc1. The van der Waals surface area contributed by atoms with Crippen LogP contribution in [0.25, 0.3) is 0 Å². The Kier molecular flexibility index (Phi) is 9.98. The number of carbonyl (C=O) groups is 2. The monoisotopic (exact) mass is 542 g/mol. The summed E-state index contributed by atoms with van der Waals surface area (Å²) in [5.41, 5.74) is 1.73. The number of nitrogens with one attached hydrogen (secondary N) is 1. The van der Waals surface area contributed by atoms with Crippen molar-refractivity contribution in [2.45, 2.75) is 32.4 Å². The molecular weight excluding hydrogens is 516 g/mol. The van der Waals surface area contributed by atoms with E-state index in [2.05, 4.69) is 21.2 Å². The van der Waals surface area contributed by atoms with Crippen LogP contribution in [0.4, 0.5) is 0 Å². The number of amides is 2. The van der Waals surface area contributed by atoms with Crippen LogP contribution in [-0.4, -0.2) is 35.9 Å². The molecule has 0 bridgehead atoms. The van der Waals surface area contributed by atoms with Crippen molar-refractivity contribution < 1.29 is 14.3 Å². The second-order valence-corrected chi connectivity index (χ2v) is 9.18. The maximum atomic E-state index is 13.5. The van der Waals surface area contributed by atoms with Crippen molar-refractivity contribution in [3.8, 4) is 5.75 Å². The molecule has 3 aromatic rings. The van der Waals surface area contributed by atoms with Gasteiger partial charge < -0.3 is 15.0 Å². The van der Waals surface area contributed by atoms with Gasteiger partial charge in [0.05, 0.1) is 0 Å². The van der Waals surface area contributed by atoms with E-state index in [1.165, 1.54) is 0 Å². The topological polar surface area (TPSA) is 58.6 Å². The van der Waals surface area contributed by atoms with Crippen LogP contribution in [0, 0.1) is 0 Å². The molecule has 2 amide bonds. The number of halogens is 2. The summed E-state index contributed by atoms with van der Waals surface area (Å²) < 4.78 is 6.67. The molecule has 0 aliphatic heterocycles. The zero-order valence-corrected chi connectivity index (χ0v) is 21.4. The van der Waals surface area contributed by atoms with Crippen molar-refractivity contribution in [2.75, 3.05) is 13.2 Å². The van der Waals surface area contributed by atoms with Gasteiger partial charge in [0.1, 0.15) is 11.8 Å². The van der Waals surface area contributed by atoms with Gasteiger partial charge in [0.2, 0.25) is 5.91 Å². The van der Waals surface area contributed by atoms with E-state index in [9.17, 15) is 9.59 Å². The molecule has 0 heterocycles. The first-order chi connectivity index (χ1) is 16.5. The molecule has 1 atom stereocenters. The summed E-state index contributed by atoms with van der Waals surface area (Å²) in [6.07, 6.45) is 1.18. The molecule has 5 nitrogen and oxygen atoms in total. The molecule has 0 fully saturated rings. The summed E-state index contributed by atoms with van der Waals surface area (Å²) in [5.74, 6) is 0.0782. The maximum absolute atomic E-state index is 13.5. The summed E-state index contributed by atoms with van der Waals surface area (Å²) >= 11 is 9.81. The van der Waals surface area contributed by atoms with Crippen molar-refractivity contribution >= 4 is 39.3 Å². The van der Waals surface area contributed by atoms with Crippen LogP contribution in [0.15, 0.2) is 83.3 Å². The van der Waals surface area contributed by atoms with Gasteiger partial charge in [0.15, 0.2) is 6.61 Å². The van der Waals surface area contributed by atoms with Crippen LogP contribution in [0.3, 0.4) is 0 Å². The Morgan fingerprint density at radius 1 is 1.00 bits per heavy atom. The maximum Gasteiger partial charge on any atom is 0.261 e. The third-order valence-corrected chi connectivity index (χ3v) is 6.19. The van der Waals surface area contributed by atoms with Crippen LogP contribution < -0.4 is 10.1 Å². The third kappa shape index (κ3) is 7.61. The molecule has 0 aliphatic carbocycles. The highest BCUT2D eigenvalue weighted by molar-refractivity contribution is 9.10. The second-order valence-electron chi connectivity index (χ2n) is 7.85. The van der Waals surface area contributed by atoms with Crippen LogP contribution >= 0.6 is 27.5 Å². The van der Waals surface area contributed by atoms with Gasteiger partial charge in [-0.3, -0.25) is 9.59 Å². The van der Waals surface area contributed by atoms with Crippen LogP contribution in [0.5, 0.6) is 5.75 Å². The molecule has 0 unspecified atom stereocenters. The molecule has 178 valence electrons. The van der Waals surface area contributed by atoms with Crippen molar-refractivity contribution in [3.05, 3.63) is 99.5 Å². The standard InChI is InChI=1S/C27H28BrClN2O3/c1-2-16-30-27(33)25(17-20-8-4-3-5-9-20)31(18-21-10-6-7-11-24(21)29)26(32)19-34-23-14-12-22(28)13-15-23/h3-15,25H,2,16-19H2,1H3,(H,30,33)/t25-/m1/s1. The molecule has 0 radical (unpaired) electrons. The molecule has 0 aromatic heterocycles. The Bertz CT molecular complexity index is 1080. The zero-order chi connectivity index (χ0) is 24.3. The van der Waals surface area contributed by atoms with Gasteiger partial charge >= 0.3 is 0 Å². The molecule has 0 saturated carbocycles. The summed E-state index contributed by atoms with van der Waals surface area (Å²) in [4.78, 5) is 28.3. The predicted octanol–water partition coefficient (Wildman–Crippen LogP) is 5.65. The second kappa shape index (κ2) is 13.2. The van der Waals surface area contributed by atoms with E-state index < -0.39 is 6.04 Å². The van der Waals surface area contributed by atoms with Gasteiger partial charge in [0, 0.05) is 29.0 Å². The van der Waals surface area contributed by atoms with Crippen molar-refractivity contribution in [1.82, 2.24) is 10.2 Å². The lowest BCUT2D eigenvalue weighted by atomic mass is 10.0. The Labute approximate surface area is 214 Å². The van der Waals surface area contributed by atoms with Gasteiger partial charge in [-0.1, -0.05) is 83.0 Å². The number of rotatable bonds is 11. The van der Waals surface area contributed by atoms with Gasteiger partial charge in [-0.15, -0.1) is 0 Å². The molecule has 0 aliphatic rings.